The van der Waals surface area contributed by atoms with Crippen molar-refractivity contribution in [2.45, 2.75) is 19.8 Å². The molecule has 1 aliphatic heterocycles. The van der Waals surface area contributed by atoms with Gasteiger partial charge in [-0.05, 0) is 31.9 Å². The van der Waals surface area contributed by atoms with Gasteiger partial charge in [0.2, 0.25) is 5.83 Å². The molecule has 0 aliphatic carbocycles. The maximum Gasteiger partial charge on any atom is 0.367 e. The van der Waals surface area contributed by atoms with E-state index in [1.54, 1.807) is 6.92 Å². The molecule has 0 radical (unpaired) electrons. The highest BCUT2D eigenvalue weighted by molar-refractivity contribution is 6.04. The number of rotatable bonds is 2. The van der Waals surface area contributed by atoms with E-state index in [9.17, 15) is 9.18 Å². The van der Waals surface area contributed by atoms with Gasteiger partial charge in [-0.1, -0.05) is 0 Å². The number of carbonyl (C=O) groups excluding carboxylic acids is 1. The lowest BCUT2D eigenvalue weighted by Crippen LogP contribution is -2.29. The molecule has 78 valence electrons. The number of carbonyl (C=O) groups is 1. The van der Waals surface area contributed by atoms with Crippen molar-refractivity contribution in [1.82, 2.24) is 4.81 Å². The van der Waals surface area contributed by atoms with Crippen molar-refractivity contribution in [3.63, 3.8) is 0 Å². The predicted molar refractivity (Wildman–Crippen MR) is 54.1 cm³/mol. The highest BCUT2D eigenvalue weighted by atomic mass is 19.1. The summed E-state index contributed by atoms with van der Waals surface area (Å²) in [4.78, 5) is 13.1. The third kappa shape index (κ3) is 2.84. The average molecular weight is 199 g/mol. The monoisotopic (exact) mass is 199 g/mol. The van der Waals surface area contributed by atoms with Crippen LogP contribution in [0.15, 0.2) is 11.4 Å². The summed E-state index contributed by atoms with van der Waals surface area (Å²) in [6.07, 6.45) is 1.56. The second-order valence-electron chi connectivity index (χ2n) is 3.48. The van der Waals surface area contributed by atoms with Crippen LogP contribution in [0.3, 0.4) is 0 Å². The van der Waals surface area contributed by atoms with Crippen molar-refractivity contribution in [2.75, 3.05) is 19.7 Å². The molecule has 0 aromatic rings. The summed E-state index contributed by atoms with van der Waals surface area (Å²) in [6.45, 7) is 3.38. The van der Waals surface area contributed by atoms with E-state index in [4.69, 9.17) is 0 Å². The normalized spacial score (nSPS) is 21.9. The standard InChI is InChI=1S/C9H15BFNO2/c1-2-14-9(13)8(11)7-4-3-5-12(10)6-7/h2-6,10H2,1H3. The first-order valence-electron chi connectivity index (χ1n) is 4.88. The van der Waals surface area contributed by atoms with Gasteiger partial charge in [-0.2, -0.15) is 4.39 Å². The van der Waals surface area contributed by atoms with E-state index in [2.05, 4.69) is 4.74 Å². The molecule has 0 unspecified atom stereocenters. The van der Waals surface area contributed by atoms with Gasteiger partial charge in [0, 0.05) is 6.54 Å². The molecule has 0 N–H and O–H groups in total. The van der Waals surface area contributed by atoms with Gasteiger partial charge in [0.25, 0.3) is 0 Å². The van der Waals surface area contributed by atoms with Crippen molar-refractivity contribution in [2.24, 2.45) is 0 Å². The number of hydrogen-bond donors (Lipinski definition) is 0. The first-order valence-corrected chi connectivity index (χ1v) is 4.88. The maximum atomic E-state index is 13.4. The van der Waals surface area contributed by atoms with Crippen LogP contribution in [-0.4, -0.2) is 38.5 Å². The maximum absolute atomic E-state index is 13.4. The van der Waals surface area contributed by atoms with Crippen LogP contribution in [0.4, 0.5) is 4.39 Å². The second-order valence-corrected chi connectivity index (χ2v) is 3.48. The van der Waals surface area contributed by atoms with E-state index in [0.717, 1.165) is 13.0 Å². The lowest BCUT2D eigenvalue weighted by molar-refractivity contribution is -0.140. The highest BCUT2D eigenvalue weighted by Crippen LogP contribution is 2.19. The lowest BCUT2D eigenvalue weighted by atomic mass is 10.0. The van der Waals surface area contributed by atoms with Crippen LogP contribution < -0.4 is 0 Å². The average Bonchev–Trinajstić information content (AvgIpc) is 2.17. The second kappa shape index (κ2) is 5.15. The molecule has 1 fully saturated rings. The van der Waals surface area contributed by atoms with Crippen LogP contribution in [0.1, 0.15) is 19.8 Å². The van der Waals surface area contributed by atoms with Gasteiger partial charge in [-0.25, -0.2) is 4.79 Å². The van der Waals surface area contributed by atoms with Crippen molar-refractivity contribution < 1.29 is 13.9 Å². The Hall–Kier alpha value is -0.835. The Kier molecular flexibility index (Phi) is 4.13. The van der Waals surface area contributed by atoms with E-state index in [0.29, 0.717) is 18.5 Å². The number of halogens is 1. The smallest absolute Gasteiger partial charge is 0.367 e. The number of hydrogen-bond acceptors (Lipinski definition) is 3. The van der Waals surface area contributed by atoms with Crippen LogP contribution in [0.25, 0.3) is 0 Å². The summed E-state index contributed by atoms with van der Waals surface area (Å²) in [6, 6.07) is 0. The van der Waals surface area contributed by atoms with E-state index in [-0.39, 0.29) is 6.61 Å². The third-order valence-electron chi connectivity index (χ3n) is 2.24. The molecule has 0 amide bonds. The van der Waals surface area contributed by atoms with Crippen LogP contribution in [0, 0.1) is 0 Å². The summed E-state index contributed by atoms with van der Waals surface area (Å²) >= 11 is 0. The summed E-state index contributed by atoms with van der Waals surface area (Å²) in [5, 5.41) is 0. The van der Waals surface area contributed by atoms with Gasteiger partial charge >= 0.3 is 5.97 Å². The SMILES string of the molecule is BN1CCCC(=C(F)C(=O)OCC)C1. The van der Waals surface area contributed by atoms with Gasteiger partial charge in [-0.15, -0.1) is 0 Å². The highest BCUT2D eigenvalue weighted by Gasteiger charge is 2.20. The van der Waals surface area contributed by atoms with Crippen LogP contribution >= 0.6 is 0 Å². The molecule has 0 saturated carbocycles. The Morgan fingerprint density at radius 3 is 3.00 bits per heavy atom. The molecule has 0 bridgehead atoms. The first kappa shape index (κ1) is 11.2. The molecule has 14 heavy (non-hydrogen) atoms. The molecule has 1 heterocycles. The fraction of sp³-hybridized carbons (Fsp3) is 0.667. The molecule has 0 aromatic heterocycles. The Labute approximate surface area is 84.3 Å². The molecule has 1 rings (SSSR count). The summed E-state index contributed by atoms with van der Waals surface area (Å²) < 4.78 is 18.0. The number of ether oxygens (including phenoxy) is 1. The quantitative estimate of drug-likeness (QED) is 0.366. The molecule has 1 aliphatic rings. The fourth-order valence-corrected chi connectivity index (χ4v) is 1.56. The zero-order valence-electron chi connectivity index (χ0n) is 8.68. The van der Waals surface area contributed by atoms with E-state index in [1.807, 2.05) is 12.8 Å². The Morgan fingerprint density at radius 1 is 1.71 bits per heavy atom. The summed E-state index contributed by atoms with van der Waals surface area (Å²) in [5.74, 6) is -1.52. The molecule has 1 saturated heterocycles. The van der Waals surface area contributed by atoms with E-state index >= 15 is 0 Å². The lowest BCUT2D eigenvalue weighted by Gasteiger charge is -2.24. The van der Waals surface area contributed by atoms with Gasteiger partial charge in [-0.3, -0.25) is 0 Å². The molecule has 0 aromatic carbocycles. The molecular formula is C9H15BFNO2. The Morgan fingerprint density at radius 2 is 2.43 bits per heavy atom. The topological polar surface area (TPSA) is 29.5 Å². The van der Waals surface area contributed by atoms with Gasteiger partial charge in [0.1, 0.15) is 0 Å². The predicted octanol–water partition coefficient (Wildman–Crippen LogP) is 0.417. The summed E-state index contributed by atoms with van der Waals surface area (Å²) in [5.41, 5.74) is 0.567. The zero-order valence-corrected chi connectivity index (χ0v) is 8.68. The van der Waals surface area contributed by atoms with Gasteiger partial charge in [0.05, 0.1) is 6.61 Å². The van der Waals surface area contributed by atoms with Gasteiger partial charge < -0.3 is 9.55 Å². The van der Waals surface area contributed by atoms with Gasteiger partial charge in [0.15, 0.2) is 7.98 Å². The van der Waals surface area contributed by atoms with Crippen molar-refractivity contribution in [3.8, 4) is 0 Å². The molecule has 0 atom stereocenters. The molecule has 0 spiro atoms. The minimum Gasteiger partial charge on any atom is -0.461 e. The number of piperidine rings is 1. The zero-order chi connectivity index (χ0) is 10.6. The van der Waals surface area contributed by atoms with Crippen LogP contribution in [-0.2, 0) is 9.53 Å². The summed E-state index contributed by atoms with van der Waals surface area (Å²) in [7, 11) is 1.91. The number of nitrogens with zero attached hydrogens (tertiary/aromatic N) is 1. The van der Waals surface area contributed by atoms with Crippen LogP contribution in [0.2, 0.25) is 0 Å². The molecular weight excluding hydrogens is 184 g/mol. The molecule has 5 heteroatoms. The van der Waals surface area contributed by atoms with E-state index in [1.165, 1.54) is 0 Å². The van der Waals surface area contributed by atoms with Crippen molar-refractivity contribution in [1.29, 1.82) is 0 Å². The Balaban J connectivity index is 2.66. The fourth-order valence-electron chi connectivity index (χ4n) is 1.56. The Bertz CT molecular complexity index is 255. The minimum absolute atomic E-state index is 0.218. The van der Waals surface area contributed by atoms with Crippen LogP contribution in [0.5, 0.6) is 0 Å². The van der Waals surface area contributed by atoms with Crippen molar-refractivity contribution in [3.05, 3.63) is 11.4 Å². The number of esters is 1. The minimum atomic E-state index is -0.821. The van der Waals surface area contributed by atoms with E-state index < -0.39 is 11.8 Å². The van der Waals surface area contributed by atoms with Crippen molar-refractivity contribution >= 4 is 14.0 Å². The molecule has 3 nitrogen and oxygen atoms in total. The third-order valence-corrected chi connectivity index (χ3v) is 2.24. The first-order chi connectivity index (χ1) is 6.65. The largest absolute Gasteiger partial charge is 0.461 e.